The van der Waals surface area contributed by atoms with Crippen molar-refractivity contribution in [1.29, 1.82) is 0 Å². The summed E-state index contributed by atoms with van der Waals surface area (Å²) < 4.78 is 38.8. The van der Waals surface area contributed by atoms with Crippen LogP contribution in [0.3, 0.4) is 0 Å². The average molecular weight is 341 g/mol. The van der Waals surface area contributed by atoms with Gasteiger partial charge in [-0.1, -0.05) is 0 Å². The second-order valence-corrected chi connectivity index (χ2v) is 4.32. The predicted octanol–water partition coefficient (Wildman–Crippen LogP) is 2.63. The number of anilines is 1. The number of aromatic nitrogens is 2. The molecule has 0 atom stereocenters. The van der Waals surface area contributed by atoms with Crippen molar-refractivity contribution in [2.75, 3.05) is 5.73 Å². The molecule has 0 fully saturated rings. The van der Waals surface area contributed by atoms with Gasteiger partial charge < -0.3 is 10.1 Å². The fourth-order valence-electron chi connectivity index (χ4n) is 1.46. The first-order valence-corrected chi connectivity index (χ1v) is 5.44. The molecule has 0 saturated carbocycles. The first-order chi connectivity index (χ1) is 7.38. The third-order valence-corrected chi connectivity index (χ3v) is 2.96. The van der Waals surface area contributed by atoms with E-state index in [-0.39, 0.29) is 5.69 Å². The van der Waals surface area contributed by atoms with Gasteiger partial charge in [-0.05, 0) is 34.7 Å². The van der Waals surface area contributed by atoms with Crippen LogP contribution >= 0.6 is 22.6 Å². The maximum Gasteiger partial charge on any atom is 0.394 e. The molecule has 2 heterocycles. The van der Waals surface area contributed by atoms with E-state index < -0.39 is 12.6 Å². The second kappa shape index (κ2) is 3.79. The molecule has 0 saturated heterocycles. The molecule has 7 heteroatoms. The van der Waals surface area contributed by atoms with Crippen LogP contribution < -0.4 is 5.73 Å². The van der Waals surface area contributed by atoms with Gasteiger partial charge in [0.25, 0.3) is 0 Å². The molecule has 0 spiro atoms. The van der Waals surface area contributed by atoms with E-state index >= 15 is 0 Å². The quantitative estimate of drug-likeness (QED) is 0.811. The zero-order valence-corrected chi connectivity index (χ0v) is 10.1. The summed E-state index contributed by atoms with van der Waals surface area (Å²) in [5.41, 5.74) is 6.49. The fraction of sp³-hybridized carbons (Fsp3) is 0.222. The average Bonchev–Trinajstić information content (AvgIpc) is 2.44. The molecule has 0 amide bonds. The molecule has 2 N–H and O–H groups in total. The van der Waals surface area contributed by atoms with Crippen LogP contribution in [0, 0.1) is 3.70 Å². The lowest BCUT2D eigenvalue weighted by atomic mass is 10.3. The van der Waals surface area contributed by atoms with Gasteiger partial charge in [-0.15, -0.1) is 0 Å². The van der Waals surface area contributed by atoms with E-state index in [1.165, 1.54) is 10.6 Å². The Balaban J connectivity index is 2.61. The Labute approximate surface area is 103 Å². The normalized spacial score (nSPS) is 12.2. The van der Waals surface area contributed by atoms with Crippen LogP contribution in [-0.2, 0) is 6.42 Å². The van der Waals surface area contributed by atoms with Crippen LogP contribution in [0.1, 0.15) is 5.69 Å². The largest absolute Gasteiger partial charge is 0.396 e. The highest BCUT2D eigenvalue weighted by atomic mass is 127. The zero-order chi connectivity index (χ0) is 11.9. The molecule has 0 aromatic carbocycles. The smallest absolute Gasteiger partial charge is 0.394 e. The van der Waals surface area contributed by atoms with Crippen LogP contribution in [0.2, 0.25) is 0 Å². The predicted molar refractivity (Wildman–Crippen MR) is 62.1 cm³/mol. The highest BCUT2D eigenvalue weighted by Crippen LogP contribution is 2.26. The van der Waals surface area contributed by atoms with Crippen molar-refractivity contribution in [3.05, 3.63) is 27.7 Å². The minimum atomic E-state index is -4.25. The Morgan fingerprint density at radius 2 is 2.12 bits per heavy atom. The summed E-state index contributed by atoms with van der Waals surface area (Å²) in [5, 5.41) is 0. The van der Waals surface area contributed by atoms with Crippen LogP contribution in [0.4, 0.5) is 18.9 Å². The van der Waals surface area contributed by atoms with Crippen LogP contribution in [0.25, 0.3) is 5.65 Å². The number of pyridine rings is 1. The number of nitrogens with two attached hydrogens (primary N) is 1. The van der Waals surface area contributed by atoms with Gasteiger partial charge in [0.05, 0.1) is 17.8 Å². The van der Waals surface area contributed by atoms with E-state index in [0.717, 1.165) is 0 Å². The van der Waals surface area contributed by atoms with E-state index in [1.807, 2.05) is 0 Å². The monoisotopic (exact) mass is 341 g/mol. The van der Waals surface area contributed by atoms with Crippen LogP contribution in [0.5, 0.6) is 0 Å². The summed E-state index contributed by atoms with van der Waals surface area (Å²) in [7, 11) is 0. The van der Waals surface area contributed by atoms with Crippen LogP contribution in [-0.4, -0.2) is 15.6 Å². The number of rotatable bonds is 1. The van der Waals surface area contributed by atoms with Crippen molar-refractivity contribution in [1.82, 2.24) is 9.38 Å². The van der Waals surface area contributed by atoms with Gasteiger partial charge in [0.1, 0.15) is 3.70 Å². The summed E-state index contributed by atoms with van der Waals surface area (Å²) in [6.07, 6.45) is -3.72. The number of alkyl halides is 3. The minimum absolute atomic E-state index is 0.121. The molecule has 0 unspecified atom stereocenters. The fourth-order valence-corrected chi connectivity index (χ4v) is 2.14. The summed E-state index contributed by atoms with van der Waals surface area (Å²) in [6.45, 7) is 0. The zero-order valence-electron chi connectivity index (χ0n) is 7.92. The van der Waals surface area contributed by atoms with E-state index in [2.05, 4.69) is 4.98 Å². The summed E-state index contributed by atoms with van der Waals surface area (Å²) in [5.74, 6) is 0. The lowest BCUT2D eigenvalue weighted by Crippen LogP contribution is -2.14. The Morgan fingerprint density at radius 3 is 2.75 bits per heavy atom. The molecule has 16 heavy (non-hydrogen) atoms. The molecule has 3 nitrogen and oxygen atoms in total. The van der Waals surface area contributed by atoms with Crippen LogP contribution in [0.15, 0.2) is 18.3 Å². The number of halogens is 4. The molecule has 86 valence electrons. The first kappa shape index (κ1) is 11.5. The molecule has 2 rings (SSSR count). The maximum atomic E-state index is 12.4. The van der Waals surface area contributed by atoms with Crippen molar-refractivity contribution >= 4 is 33.9 Å². The van der Waals surface area contributed by atoms with E-state index in [4.69, 9.17) is 5.73 Å². The standard InChI is InChI=1S/C9H7F3IN3/c10-9(11,12)4-6-7(13)15-8-5(14)2-1-3-16(6)8/h1-3H,4,14H2. The molecule has 0 bridgehead atoms. The van der Waals surface area contributed by atoms with Gasteiger partial charge in [0, 0.05) is 6.20 Å². The molecular weight excluding hydrogens is 334 g/mol. The Bertz CT molecular complexity index is 533. The SMILES string of the molecule is Nc1cccn2c(CC(F)(F)F)c(I)nc12. The van der Waals surface area contributed by atoms with E-state index in [1.54, 1.807) is 34.7 Å². The van der Waals surface area contributed by atoms with E-state index in [9.17, 15) is 13.2 Å². The van der Waals surface area contributed by atoms with Crippen molar-refractivity contribution < 1.29 is 13.2 Å². The molecular formula is C9H7F3IN3. The van der Waals surface area contributed by atoms with E-state index in [0.29, 0.717) is 15.0 Å². The van der Waals surface area contributed by atoms with Gasteiger partial charge in [-0.2, -0.15) is 13.2 Å². The van der Waals surface area contributed by atoms with Gasteiger partial charge >= 0.3 is 6.18 Å². The summed E-state index contributed by atoms with van der Waals surface area (Å²) in [6, 6.07) is 3.20. The number of hydrogen-bond acceptors (Lipinski definition) is 2. The Kier molecular flexibility index (Phi) is 2.72. The third kappa shape index (κ3) is 2.08. The highest BCUT2D eigenvalue weighted by Gasteiger charge is 2.31. The van der Waals surface area contributed by atoms with Crippen molar-refractivity contribution in [2.24, 2.45) is 0 Å². The van der Waals surface area contributed by atoms with Gasteiger partial charge in [-0.3, -0.25) is 0 Å². The second-order valence-electron chi connectivity index (χ2n) is 3.30. The number of imidazole rings is 1. The first-order valence-electron chi connectivity index (χ1n) is 4.36. The van der Waals surface area contributed by atoms with Crippen molar-refractivity contribution in [2.45, 2.75) is 12.6 Å². The van der Waals surface area contributed by atoms with Crippen molar-refractivity contribution in [3.63, 3.8) is 0 Å². The Hall–Kier alpha value is -0.990. The topological polar surface area (TPSA) is 43.3 Å². The summed E-state index contributed by atoms with van der Waals surface area (Å²) in [4.78, 5) is 4.02. The molecule has 2 aromatic rings. The molecule has 0 radical (unpaired) electrons. The number of hydrogen-bond donors (Lipinski definition) is 1. The van der Waals surface area contributed by atoms with Gasteiger partial charge in [-0.25, -0.2) is 4.98 Å². The lowest BCUT2D eigenvalue weighted by molar-refractivity contribution is -0.128. The highest BCUT2D eigenvalue weighted by molar-refractivity contribution is 14.1. The lowest BCUT2D eigenvalue weighted by Gasteiger charge is -2.06. The molecule has 0 aliphatic carbocycles. The van der Waals surface area contributed by atoms with Crippen molar-refractivity contribution in [3.8, 4) is 0 Å². The number of fused-ring (bicyclic) bond motifs is 1. The number of nitrogen functional groups attached to an aromatic ring is 1. The third-order valence-electron chi connectivity index (χ3n) is 2.10. The minimum Gasteiger partial charge on any atom is -0.396 e. The van der Waals surface area contributed by atoms with Gasteiger partial charge in [0.2, 0.25) is 0 Å². The number of nitrogens with zero attached hydrogens (tertiary/aromatic N) is 2. The summed E-state index contributed by atoms with van der Waals surface area (Å²) >= 11 is 1.78. The molecule has 2 aromatic heterocycles. The molecule has 0 aliphatic rings. The van der Waals surface area contributed by atoms with Gasteiger partial charge in [0.15, 0.2) is 5.65 Å². The Morgan fingerprint density at radius 1 is 1.44 bits per heavy atom. The maximum absolute atomic E-state index is 12.4. The molecule has 0 aliphatic heterocycles.